The number of hydrogen-bond acceptors (Lipinski definition) is 0. The van der Waals surface area contributed by atoms with Crippen LogP contribution in [0.5, 0.6) is 0 Å². The van der Waals surface area contributed by atoms with Crippen molar-refractivity contribution in [3.05, 3.63) is 33.8 Å². The Morgan fingerprint density at radius 3 is 2.58 bits per heavy atom. The molecule has 1 saturated carbocycles. The van der Waals surface area contributed by atoms with Crippen LogP contribution in [0.3, 0.4) is 0 Å². The molecule has 1 aromatic carbocycles. The zero-order valence-electron chi connectivity index (χ0n) is 7.31. The lowest BCUT2D eigenvalue weighted by molar-refractivity contribution is 0.419. The number of hydrogen-bond donors (Lipinski definition) is 0. The summed E-state index contributed by atoms with van der Waals surface area (Å²) in [6, 6.07) is 6.73. The molecule has 1 heteroatoms. The maximum Gasteiger partial charge on any atom is 0.0204 e. The Kier molecular flexibility index (Phi) is 2.22. The third-order valence-electron chi connectivity index (χ3n) is 2.76. The van der Waals surface area contributed by atoms with Crippen molar-refractivity contribution in [1.29, 1.82) is 0 Å². The average molecular weight is 225 g/mol. The predicted molar refractivity (Wildman–Crippen MR) is 55.5 cm³/mol. The van der Waals surface area contributed by atoms with Gasteiger partial charge in [0, 0.05) is 4.47 Å². The summed E-state index contributed by atoms with van der Waals surface area (Å²) in [5.41, 5.74) is 2.89. The van der Waals surface area contributed by atoms with Gasteiger partial charge >= 0.3 is 0 Å². The summed E-state index contributed by atoms with van der Waals surface area (Å²) >= 11 is 3.52. The Bertz CT molecular complexity index is 287. The van der Waals surface area contributed by atoms with E-state index in [-0.39, 0.29) is 0 Å². The molecule has 1 aliphatic rings. The first-order valence-electron chi connectivity index (χ1n) is 4.53. The second-order valence-corrected chi connectivity index (χ2v) is 4.49. The molecule has 0 unspecified atom stereocenters. The van der Waals surface area contributed by atoms with Crippen LogP contribution in [0.4, 0.5) is 0 Å². The molecule has 2 rings (SSSR count). The summed E-state index contributed by atoms with van der Waals surface area (Å²) in [4.78, 5) is 0. The zero-order chi connectivity index (χ0) is 8.55. The average Bonchev–Trinajstić information content (AvgIpc) is 1.93. The quantitative estimate of drug-likeness (QED) is 0.676. The summed E-state index contributed by atoms with van der Waals surface area (Å²) in [6.07, 6.45) is 4.20. The summed E-state index contributed by atoms with van der Waals surface area (Å²) in [7, 11) is 0. The maximum atomic E-state index is 3.52. The van der Waals surface area contributed by atoms with Gasteiger partial charge in [0.1, 0.15) is 0 Å². The van der Waals surface area contributed by atoms with Gasteiger partial charge in [0.05, 0.1) is 0 Å². The van der Waals surface area contributed by atoms with Crippen molar-refractivity contribution in [3.63, 3.8) is 0 Å². The fourth-order valence-corrected chi connectivity index (χ4v) is 1.91. The minimum atomic E-state index is 0.858. The van der Waals surface area contributed by atoms with Crippen LogP contribution in [0.15, 0.2) is 22.7 Å². The molecule has 64 valence electrons. The largest absolute Gasteiger partial charge is 0.0576 e. The molecule has 1 aromatic rings. The topological polar surface area (TPSA) is 0 Å². The second kappa shape index (κ2) is 3.21. The molecule has 0 aliphatic heterocycles. The molecule has 0 saturated heterocycles. The van der Waals surface area contributed by atoms with Crippen molar-refractivity contribution in [2.75, 3.05) is 0 Å². The third-order valence-corrected chi connectivity index (χ3v) is 3.65. The lowest BCUT2D eigenvalue weighted by atomic mass is 9.80. The van der Waals surface area contributed by atoms with E-state index in [0.29, 0.717) is 0 Å². The number of rotatable bonds is 1. The molecule has 0 spiro atoms. The van der Waals surface area contributed by atoms with Gasteiger partial charge in [0.15, 0.2) is 0 Å². The smallest absolute Gasteiger partial charge is 0.0204 e. The van der Waals surface area contributed by atoms with Gasteiger partial charge < -0.3 is 0 Å². The molecule has 12 heavy (non-hydrogen) atoms. The molecule has 0 heterocycles. The van der Waals surface area contributed by atoms with E-state index in [0.717, 1.165) is 5.92 Å². The van der Waals surface area contributed by atoms with Crippen LogP contribution in [0.2, 0.25) is 0 Å². The molecule has 1 aliphatic carbocycles. The molecule has 0 aromatic heterocycles. The van der Waals surface area contributed by atoms with E-state index < -0.39 is 0 Å². The summed E-state index contributed by atoms with van der Waals surface area (Å²) < 4.78 is 1.23. The molecule has 1 fully saturated rings. The fraction of sp³-hybridized carbons (Fsp3) is 0.455. The standard InChI is InChI=1S/C11H13Br/c1-8-7-10(5-6-11(8)12)9-3-2-4-9/h5-7,9H,2-4H2,1H3. The third kappa shape index (κ3) is 1.42. The van der Waals surface area contributed by atoms with Gasteiger partial charge in [-0.3, -0.25) is 0 Å². The second-order valence-electron chi connectivity index (χ2n) is 3.64. The van der Waals surface area contributed by atoms with Crippen LogP contribution >= 0.6 is 15.9 Å². The highest BCUT2D eigenvalue weighted by molar-refractivity contribution is 9.10. The van der Waals surface area contributed by atoms with E-state index in [1.54, 1.807) is 0 Å². The molecule has 0 nitrogen and oxygen atoms in total. The first-order valence-corrected chi connectivity index (χ1v) is 5.33. The number of benzene rings is 1. The highest BCUT2D eigenvalue weighted by Crippen LogP contribution is 2.37. The van der Waals surface area contributed by atoms with E-state index in [2.05, 4.69) is 41.1 Å². The van der Waals surface area contributed by atoms with Crippen molar-refractivity contribution < 1.29 is 0 Å². The van der Waals surface area contributed by atoms with E-state index in [4.69, 9.17) is 0 Å². The van der Waals surface area contributed by atoms with Crippen molar-refractivity contribution in [2.45, 2.75) is 32.1 Å². The number of aryl methyl sites for hydroxylation is 1. The van der Waals surface area contributed by atoms with Gasteiger partial charge in [0.25, 0.3) is 0 Å². The summed E-state index contributed by atoms with van der Waals surface area (Å²) in [6.45, 7) is 2.16. The van der Waals surface area contributed by atoms with Crippen LogP contribution in [0, 0.1) is 6.92 Å². The Labute approximate surface area is 82.1 Å². The van der Waals surface area contributed by atoms with E-state index >= 15 is 0 Å². The van der Waals surface area contributed by atoms with Crippen LogP contribution in [-0.4, -0.2) is 0 Å². The van der Waals surface area contributed by atoms with Gasteiger partial charge in [-0.25, -0.2) is 0 Å². The molecule has 0 N–H and O–H groups in total. The summed E-state index contributed by atoms with van der Waals surface area (Å²) in [5, 5.41) is 0. The highest BCUT2D eigenvalue weighted by atomic mass is 79.9. The van der Waals surface area contributed by atoms with Crippen LogP contribution in [0.25, 0.3) is 0 Å². The lowest BCUT2D eigenvalue weighted by Gasteiger charge is -2.26. The Hall–Kier alpha value is -0.300. The van der Waals surface area contributed by atoms with Gasteiger partial charge in [0.2, 0.25) is 0 Å². The molecule has 0 atom stereocenters. The zero-order valence-corrected chi connectivity index (χ0v) is 8.89. The van der Waals surface area contributed by atoms with Crippen molar-refractivity contribution in [3.8, 4) is 0 Å². The predicted octanol–water partition coefficient (Wildman–Crippen LogP) is 4.03. The van der Waals surface area contributed by atoms with Crippen molar-refractivity contribution in [1.82, 2.24) is 0 Å². The van der Waals surface area contributed by atoms with E-state index in [1.807, 2.05) is 0 Å². The van der Waals surface area contributed by atoms with Gasteiger partial charge in [-0.1, -0.05) is 34.5 Å². The van der Waals surface area contributed by atoms with E-state index in [1.165, 1.54) is 34.9 Å². The molecule has 0 amide bonds. The SMILES string of the molecule is Cc1cc(C2CCC2)ccc1Br. The van der Waals surface area contributed by atoms with Gasteiger partial charge in [-0.15, -0.1) is 0 Å². The first kappa shape index (κ1) is 8.31. The molecule has 0 radical (unpaired) electrons. The monoisotopic (exact) mass is 224 g/mol. The number of halogens is 1. The van der Waals surface area contributed by atoms with Crippen molar-refractivity contribution >= 4 is 15.9 Å². The Balaban J connectivity index is 2.27. The highest BCUT2D eigenvalue weighted by Gasteiger charge is 2.19. The van der Waals surface area contributed by atoms with E-state index in [9.17, 15) is 0 Å². The Morgan fingerprint density at radius 2 is 2.08 bits per heavy atom. The lowest BCUT2D eigenvalue weighted by Crippen LogP contribution is -2.08. The fourth-order valence-electron chi connectivity index (χ4n) is 1.66. The Morgan fingerprint density at radius 1 is 1.33 bits per heavy atom. The first-order chi connectivity index (χ1) is 5.77. The van der Waals surface area contributed by atoms with Crippen LogP contribution in [0.1, 0.15) is 36.3 Å². The van der Waals surface area contributed by atoms with Gasteiger partial charge in [-0.2, -0.15) is 0 Å². The van der Waals surface area contributed by atoms with Gasteiger partial charge in [-0.05, 0) is 42.9 Å². The normalized spacial score (nSPS) is 17.5. The maximum absolute atomic E-state index is 3.52. The van der Waals surface area contributed by atoms with Crippen LogP contribution in [-0.2, 0) is 0 Å². The van der Waals surface area contributed by atoms with Crippen LogP contribution < -0.4 is 0 Å². The molecule has 0 bridgehead atoms. The van der Waals surface area contributed by atoms with Crippen molar-refractivity contribution in [2.24, 2.45) is 0 Å². The minimum absolute atomic E-state index is 0.858. The molecular weight excluding hydrogens is 212 g/mol. The summed E-state index contributed by atoms with van der Waals surface area (Å²) in [5.74, 6) is 0.858. The molecular formula is C11H13Br. The minimum Gasteiger partial charge on any atom is -0.0576 e.